The van der Waals surface area contributed by atoms with E-state index in [1.165, 1.54) is 19.3 Å². The Labute approximate surface area is 163 Å². The molecule has 1 aromatic carbocycles. The summed E-state index contributed by atoms with van der Waals surface area (Å²) < 4.78 is 11.1. The number of hydrogen-bond donors (Lipinski definition) is 1. The zero-order chi connectivity index (χ0) is 18.4. The topological polar surface area (TPSA) is 54.7 Å². The van der Waals surface area contributed by atoms with Gasteiger partial charge in [-0.3, -0.25) is 9.69 Å². The fourth-order valence-corrected chi connectivity index (χ4v) is 3.58. The van der Waals surface area contributed by atoms with E-state index in [4.69, 9.17) is 32.4 Å². The molecule has 1 fully saturated rings. The molecule has 0 spiro atoms. The molecule has 0 aliphatic carbocycles. The summed E-state index contributed by atoms with van der Waals surface area (Å²) in [6.07, 6.45) is 5.26. The highest BCUT2D eigenvalue weighted by molar-refractivity contribution is 6.35. The van der Waals surface area contributed by atoms with Gasteiger partial charge in [-0.1, -0.05) is 29.6 Å². The number of likely N-dealkylation sites (tertiary alicyclic amines) is 1. The second-order valence-corrected chi connectivity index (χ2v) is 7.14. The Morgan fingerprint density at radius 1 is 1.23 bits per heavy atom. The Morgan fingerprint density at radius 2 is 2.04 bits per heavy atom. The SMILES string of the molecule is O=C(COc1ccc(Cl)cc1Cl)NC[C@H](c1ccco1)N1CCCCC1. The van der Waals surface area contributed by atoms with E-state index in [2.05, 4.69) is 10.2 Å². The number of piperidine rings is 1. The Kier molecular flexibility index (Phi) is 6.83. The van der Waals surface area contributed by atoms with E-state index >= 15 is 0 Å². The van der Waals surface area contributed by atoms with Crippen LogP contribution < -0.4 is 10.1 Å². The summed E-state index contributed by atoms with van der Waals surface area (Å²) in [5, 5.41) is 3.84. The number of rotatable bonds is 7. The highest BCUT2D eigenvalue weighted by atomic mass is 35.5. The van der Waals surface area contributed by atoms with E-state index in [0.29, 0.717) is 22.3 Å². The number of hydrogen-bond acceptors (Lipinski definition) is 4. The molecule has 2 aromatic rings. The third kappa shape index (κ3) is 5.16. The first kappa shape index (κ1) is 19.1. The number of carbonyl (C=O) groups is 1. The van der Waals surface area contributed by atoms with Crippen molar-refractivity contribution in [3.63, 3.8) is 0 Å². The lowest BCUT2D eigenvalue weighted by molar-refractivity contribution is -0.123. The molecular weight excluding hydrogens is 375 g/mol. The van der Waals surface area contributed by atoms with Crippen LogP contribution in [0.3, 0.4) is 0 Å². The Hall–Kier alpha value is -1.69. The van der Waals surface area contributed by atoms with E-state index in [0.717, 1.165) is 18.8 Å². The van der Waals surface area contributed by atoms with Crippen LogP contribution in [0.15, 0.2) is 41.0 Å². The molecule has 0 radical (unpaired) electrons. The number of carbonyl (C=O) groups excluding carboxylic acids is 1. The maximum atomic E-state index is 12.2. The van der Waals surface area contributed by atoms with Crippen LogP contribution in [0.5, 0.6) is 5.75 Å². The fraction of sp³-hybridized carbons (Fsp3) is 0.421. The van der Waals surface area contributed by atoms with Gasteiger partial charge >= 0.3 is 0 Å². The zero-order valence-electron chi connectivity index (χ0n) is 14.4. The molecule has 0 bridgehead atoms. The predicted molar refractivity (Wildman–Crippen MR) is 102 cm³/mol. The highest BCUT2D eigenvalue weighted by Crippen LogP contribution is 2.27. The highest BCUT2D eigenvalue weighted by Gasteiger charge is 2.24. The first-order valence-corrected chi connectivity index (χ1v) is 9.51. The molecule has 1 aliphatic rings. The van der Waals surface area contributed by atoms with Gasteiger partial charge in [-0.2, -0.15) is 0 Å². The number of nitrogens with one attached hydrogen (secondary N) is 1. The number of benzene rings is 1. The number of furan rings is 1. The molecule has 3 rings (SSSR count). The maximum absolute atomic E-state index is 12.2. The minimum Gasteiger partial charge on any atom is -0.482 e. The summed E-state index contributed by atoms with van der Waals surface area (Å²) in [5.41, 5.74) is 0. The van der Waals surface area contributed by atoms with Gasteiger partial charge < -0.3 is 14.5 Å². The Balaban J connectivity index is 1.53. The van der Waals surface area contributed by atoms with Gasteiger partial charge in [-0.15, -0.1) is 0 Å². The summed E-state index contributed by atoms with van der Waals surface area (Å²) >= 11 is 11.9. The maximum Gasteiger partial charge on any atom is 0.258 e. The van der Waals surface area contributed by atoms with E-state index in [-0.39, 0.29) is 18.6 Å². The normalized spacial score (nSPS) is 16.2. The number of amides is 1. The second kappa shape index (κ2) is 9.31. The molecule has 1 aliphatic heterocycles. The van der Waals surface area contributed by atoms with E-state index in [9.17, 15) is 4.79 Å². The van der Waals surface area contributed by atoms with Gasteiger partial charge in [0, 0.05) is 11.6 Å². The van der Waals surface area contributed by atoms with Crippen molar-refractivity contribution < 1.29 is 13.9 Å². The van der Waals surface area contributed by atoms with E-state index in [1.807, 2.05) is 12.1 Å². The van der Waals surface area contributed by atoms with Crippen LogP contribution in [-0.4, -0.2) is 37.0 Å². The smallest absolute Gasteiger partial charge is 0.258 e. The van der Waals surface area contributed by atoms with Crippen LogP contribution in [0.1, 0.15) is 31.1 Å². The lowest BCUT2D eigenvalue weighted by Crippen LogP contribution is -2.41. The standard InChI is InChI=1S/C19H22Cl2N2O3/c20-14-6-7-17(15(21)11-14)26-13-19(24)22-12-16(18-5-4-10-25-18)23-8-2-1-3-9-23/h4-7,10-11,16H,1-3,8-9,12-13H2,(H,22,24)/t16-/m1/s1. The van der Waals surface area contributed by atoms with Gasteiger partial charge in [0.25, 0.3) is 5.91 Å². The molecule has 140 valence electrons. The van der Waals surface area contributed by atoms with Crippen LogP contribution in [0.4, 0.5) is 0 Å². The number of halogens is 2. The average Bonchev–Trinajstić information content (AvgIpc) is 3.16. The van der Waals surface area contributed by atoms with Crippen LogP contribution in [-0.2, 0) is 4.79 Å². The zero-order valence-corrected chi connectivity index (χ0v) is 15.9. The second-order valence-electron chi connectivity index (χ2n) is 6.30. The third-order valence-corrected chi connectivity index (χ3v) is 4.98. The van der Waals surface area contributed by atoms with Gasteiger partial charge in [0.1, 0.15) is 11.5 Å². The average molecular weight is 397 g/mol. The molecular formula is C19H22Cl2N2O3. The molecule has 26 heavy (non-hydrogen) atoms. The lowest BCUT2D eigenvalue weighted by Gasteiger charge is -2.33. The quantitative estimate of drug-likeness (QED) is 0.757. The van der Waals surface area contributed by atoms with Crippen molar-refractivity contribution in [2.24, 2.45) is 0 Å². The number of nitrogens with zero attached hydrogens (tertiary/aromatic N) is 1. The van der Waals surface area contributed by atoms with Crippen LogP contribution in [0, 0.1) is 0 Å². The molecule has 2 heterocycles. The van der Waals surface area contributed by atoms with Crippen molar-refractivity contribution in [2.75, 3.05) is 26.2 Å². The van der Waals surface area contributed by atoms with Crippen LogP contribution in [0.2, 0.25) is 10.0 Å². The molecule has 1 saturated heterocycles. The number of ether oxygens (including phenoxy) is 1. The summed E-state index contributed by atoms with van der Waals surface area (Å²) in [6.45, 7) is 2.40. The molecule has 0 saturated carbocycles. The fourth-order valence-electron chi connectivity index (χ4n) is 3.12. The van der Waals surface area contributed by atoms with Gasteiger partial charge in [0.2, 0.25) is 0 Å². The van der Waals surface area contributed by atoms with Gasteiger partial charge in [0.15, 0.2) is 6.61 Å². The minimum atomic E-state index is -0.204. The van der Waals surface area contributed by atoms with Gasteiger partial charge in [-0.05, 0) is 56.3 Å². The molecule has 1 amide bonds. The first-order valence-electron chi connectivity index (χ1n) is 8.75. The van der Waals surface area contributed by atoms with E-state index < -0.39 is 0 Å². The summed E-state index contributed by atoms with van der Waals surface area (Å²) in [6, 6.07) is 8.77. The summed E-state index contributed by atoms with van der Waals surface area (Å²) in [5.74, 6) is 1.10. The van der Waals surface area contributed by atoms with Gasteiger partial charge in [0.05, 0.1) is 17.3 Å². The van der Waals surface area contributed by atoms with Crippen molar-refractivity contribution in [1.29, 1.82) is 0 Å². The largest absolute Gasteiger partial charge is 0.482 e. The lowest BCUT2D eigenvalue weighted by atomic mass is 10.1. The first-order chi connectivity index (χ1) is 12.6. The van der Waals surface area contributed by atoms with Crippen LogP contribution in [0.25, 0.3) is 0 Å². The van der Waals surface area contributed by atoms with Crippen molar-refractivity contribution >= 4 is 29.1 Å². The van der Waals surface area contributed by atoms with Crippen LogP contribution >= 0.6 is 23.2 Å². The monoisotopic (exact) mass is 396 g/mol. The third-order valence-electron chi connectivity index (χ3n) is 4.45. The van der Waals surface area contributed by atoms with Gasteiger partial charge in [-0.25, -0.2) is 0 Å². The molecule has 1 N–H and O–H groups in total. The summed E-state index contributed by atoms with van der Waals surface area (Å²) in [4.78, 5) is 14.6. The summed E-state index contributed by atoms with van der Waals surface area (Å²) in [7, 11) is 0. The van der Waals surface area contributed by atoms with Crippen molar-refractivity contribution in [1.82, 2.24) is 10.2 Å². The molecule has 0 unspecified atom stereocenters. The Bertz CT molecular complexity index is 716. The molecule has 7 heteroatoms. The Morgan fingerprint density at radius 3 is 2.73 bits per heavy atom. The van der Waals surface area contributed by atoms with Crippen molar-refractivity contribution in [2.45, 2.75) is 25.3 Å². The molecule has 1 atom stereocenters. The van der Waals surface area contributed by atoms with Crippen molar-refractivity contribution in [3.05, 3.63) is 52.4 Å². The molecule has 1 aromatic heterocycles. The minimum absolute atomic E-state index is 0.0355. The van der Waals surface area contributed by atoms with Crippen molar-refractivity contribution in [3.8, 4) is 5.75 Å². The molecule has 5 nitrogen and oxygen atoms in total. The van der Waals surface area contributed by atoms with E-state index in [1.54, 1.807) is 24.5 Å². The predicted octanol–water partition coefficient (Wildman–Crippen LogP) is 4.31.